The second-order valence-corrected chi connectivity index (χ2v) is 15.2. The van der Waals surface area contributed by atoms with E-state index < -0.39 is 5.41 Å². The number of fused-ring (bicyclic) bond motifs is 17. The zero-order chi connectivity index (χ0) is 36.5. The molecule has 3 nitrogen and oxygen atoms in total. The molecule has 11 aromatic rings. The maximum atomic E-state index is 7.03. The van der Waals surface area contributed by atoms with Crippen LogP contribution in [-0.4, -0.2) is 9.13 Å². The van der Waals surface area contributed by atoms with E-state index in [1.165, 1.54) is 65.9 Å². The summed E-state index contributed by atoms with van der Waals surface area (Å²) in [5.74, 6) is 1.81. The standard InChI is InChI=1S/C53H32N2O/c1-2-14-36-33(13-1)25-30-44-52(36)56-51-24-12-7-19-43(51)53(44)45-31-34(54-47-20-8-3-15-39(47)40-16-4-9-21-48(40)54)26-28-37(45)38-29-27-35(32-46(38)53)55-49-22-10-5-17-41(49)42-18-6-11-23-50(42)55/h1-32H. The minimum absolute atomic E-state index is 0.664. The Morgan fingerprint density at radius 3 is 1.32 bits per heavy atom. The minimum Gasteiger partial charge on any atom is -0.456 e. The third-order valence-corrected chi connectivity index (χ3v) is 12.6. The SMILES string of the molecule is c1ccc2c(c1)Oc1c(ccc3ccccc13)C21c2cc(-n3c4ccccc4c4ccccc43)ccc2-c2ccc(-n3c4ccccc4c4ccccc43)cc21. The summed E-state index contributed by atoms with van der Waals surface area (Å²) in [6.45, 7) is 0. The van der Waals surface area contributed by atoms with Gasteiger partial charge >= 0.3 is 0 Å². The van der Waals surface area contributed by atoms with Gasteiger partial charge in [-0.05, 0) is 82.2 Å². The molecule has 3 heterocycles. The van der Waals surface area contributed by atoms with Crippen LogP contribution in [0, 0.1) is 0 Å². The van der Waals surface area contributed by atoms with Crippen LogP contribution in [0.25, 0.3) is 76.9 Å². The van der Waals surface area contributed by atoms with Crippen molar-refractivity contribution in [3.8, 4) is 34.0 Å². The zero-order valence-corrected chi connectivity index (χ0v) is 30.3. The van der Waals surface area contributed by atoms with Crippen LogP contribution in [0.1, 0.15) is 22.3 Å². The van der Waals surface area contributed by atoms with Gasteiger partial charge in [0.05, 0.1) is 27.5 Å². The fourth-order valence-corrected chi connectivity index (χ4v) is 10.3. The van der Waals surface area contributed by atoms with Gasteiger partial charge < -0.3 is 13.9 Å². The van der Waals surface area contributed by atoms with Crippen molar-refractivity contribution >= 4 is 54.4 Å². The monoisotopic (exact) mass is 712 g/mol. The Hall–Kier alpha value is -7.36. The predicted octanol–water partition coefficient (Wildman–Crippen LogP) is 13.5. The molecule has 1 spiro atoms. The summed E-state index contributed by atoms with van der Waals surface area (Å²) >= 11 is 0. The van der Waals surface area contributed by atoms with Gasteiger partial charge in [-0.3, -0.25) is 0 Å². The molecule has 0 fully saturated rings. The summed E-state index contributed by atoms with van der Waals surface area (Å²) < 4.78 is 11.9. The lowest BCUT2D eigenvalue weighted by atomic mass is 9.65. The van der Waals surface area contributed by atoms with Crippen molar-refractivity contribution in [1.82, 2.24) is 9.13 Å². The van der Waals surface area contributed by atoms with Crippen LogP contribution in [0.5, 0.6) is 11.5 Å². The Bertz CT molecular complexity index is 3200. The Morgan fingerprint density at radius 1 is 0.339 bits per heavy atom. The minimum atomic E-state index is -0.664. The average Bonchev–Trinajstić information content (AvgIpc) is 3.88. The van der Waals surface area contributed by atoms with Gasteiger partial charge in [0, 0.05) is 49.4 Å². The largest absolute Gasteiger partial charge is 0.456 e. The Labute approximate surface area is 322 Å². The van der Waals surface area contributed by atoms with Crippen LogP contribution in [0.15, 0.2) is 194 Å². The van der Waals surface area contributed by atoms with Gasteiger partial charge in [-0.2, -0.15) is 0 Å². The smallest absolute Gasteiger partial charge is 0.140 e. The van der Waals surface area contributed by atoms with Gasteiger partial charge in [0.2, 0.25) is 0 Å². The lowest BCUT2D eigenvalue weighted by Crippen LogP contribution is -2.32. The molecule has 0 radical (unpaired) electrons. The summed E-state index contributed by atoms with van der Waals surface area (Å²) in [6, 6.07) is 71.3. The van der Waals surface area contributed by atoms with E-state index in [1.807, 2.05) is 0 Å². The lowest BCUT2D eigenvalue weighted by Gasteiger charge is -2.40. The molecule has 9 aromatic carbocycles. The number of rotatable bonds is 2. The first-order chi connectivity index (χ1) is 27.8. The summed E-state index contributed by atoms with van der Waals surface area (Å²) in [5, 5.41) is 7.30. The Balaban J connectivity index is 1.18. The van der Waals surface area contributed by atoms with E-state index >= 15 is 0 Å². The zero-order valence-electron chi connectivity index (χ0n) is 30.3. The predicted molar refractivity (Wildman–Crippen MR) is 230 cm³/mol. The van der Waals surface area contributed by atoms with E-state index in [9.17, 15) is 0 Å². The van der Waals surface area contributed by atoms with Gasteiger partial charge in [-0.1, -0.05) is 140 Å². The third-order valence-electron chi connectivity index (χ3n) is 12.6. The van der Waals surface area contributed by atoms with Gasteiger partial charge in [-0.25, -0.2) is 0 Å². The lowest BCUT2D eigenvalue weighted by molar-refractivity contribution is 0.441. The molecule has 2 aliphatic rings. The normalized spacial score (nSPS) is 13.6. The van der Waals surface area contributed by atoms with Gasteiger partial charge in [0.1, 0.15) is 11.5 Å². The molecule has 1 aliphatic heterocycles. The first-order valence-corrected chi connectivity index (χ1v) is 19.4. The molecule has 2 aromatic heterocycles. The van der Waals surface area contributed by atoms with E-state index in [-0.39, 0.29) is 0 Å². The van der Waals surface area contributed by atoms with Crippen LogP contribution in [0.4, 0.5) is 0 Å². The van der Waals surface area contributed by atoms with Crippen molar-refractivity contribution in [1.29, 1.82) is 0 Å². The third kappa shape index (κ3) is 3.72. The number of nitrogens with zero attached hydrogens (tertiary/aromatic N) is 2. The van der Waals surface area contributed by atoms with Crippen molar-refractivity contribution in [2.24, 2.45) is 0 Å². The van der Waals surface area contributed by atoms with Crippen LogP contribution >= 0.6 is 0 Å². The van der Waals surface area contributed by atoms with Crippen molar-refractivity contribution in [2.45, 2.75) is 5.41 Å². The molecule has 0 bridgehead atoms. The maximum absolute atomic E-state index is 7.03. The number of ether oxygens (including phenoxy) is 1. The highest BCUT2D eigenvalue weighted by Crippen LogP contribution is 2.63. The van der Waals surface area contributed by atoms with Gasteiger partial charge in [0.15, 0.2) is 0 Å². The average molecular weight is 713 g/mol. The molecule has 0 atom stereocenters. The number of hydrogen-bond donors (Lipinski definition) is 0. The molecule has 3 heteroatoms. The molecule has 0 N–H and O–H groups in total. The molecule has 1 aliphatic carbocycles. The summed E-state index contributed by atoms with van der Waals surface area (Å²) in [7, 11) is 0. The maximum Gasteiger partial charge on any atom is 0.140 e. The highest BCUT2D eigenvalue weighted by atomic mass is 16.5. The van der Waals surface area contributed by atoms with E-state index in [0.29, 0.717) is 0 Å². The Morgan fingerprint density at radius 2 is 0.786 bits per heavy atom. The van der Waals surface area contributed by atoms with E-state index in [4.69, 9.17) is 4.74 Å². The molecule has 260 valence electrons. The quantitative estimate of drug-likeness (QED) is 0.175. The highest BCUT2D eigenvalue weighted by molar-refractivity contribution is 6.10. The molecule has 0 unspecified atom stereocenters. The number of benzene rings is 9. The first kappa shape index (κ1) is 30.0. The summed E-state index contributed by atoms with van der Waals surface area (Å²) in [5.41, 5.74) is 13.7. The van der Waals surface area contributed by atoms with Gasteiger partial charge in [0.25, 0.3) is 0 Å². The van der Waals surface area contributed by atoms with Crippen LogP contribution < -0.4 is 4.74 Å². The van der Waals surface area contributed by atoms with E-state index in [0.717, 1.165) is 44.8 Å². The van der Waals surface area contributed by atoms with Crippen molar-refractivity contribution in [3.05, 3.63) is 216 Å². The topological polar surface area (TPSA) is 19.1 Å². The van der Waals surface area contributed by atoms with E-state index in [1.54, 1.807) is 0 Å². The number of aromatic nitrogens is 2. The molecular formula is C53H32N2O. The second-order valence-electron chi connectivity index (χ2n) is 15.2. The van der Waals surface area contributed by atoms with E-state index in [2.05, 4.69) is 203 Å². The van der Waals surface area contributed by atoms with Crippen LogP contribution in [0.2, 0.25) is 0 Å². The first-order valence-electron chi connectivity index (χ1n) is 19.4. The fourth-order valence-electron chi connectivity index (χ4n) is 10.3. The van der Waals surface area contributed by atoms with Crippen molar-refractivity contribution in [2.75, 3.05) is 0 Å². The molecule has 0 saturated carbocycles. The molecular weight excluding hydrogens is 681 g/mol. The summed E-state index contributed by atoms with van der Waals surface area (Å²) in [6.07, 6.45) is 0. The van der Waals surface area contributed by atoms with Crippen LogP contribution in [0.3, 0.4) is 0 Å². The second kappa shape index (κ2) is 10.9. The summed E-state index contributed by atoms with van der Waals surface area (Å²) in [4.78, 5) is 0. The van der Waals surface area contributed by atoms with Crippen molar-refractivity contribution in [3.63, 3.8) is 0 Å². The van der Waals surface area contributed by atoms with Crippen molar-refractivity contribution < 1.29 is 4.74 Å². The van der Waals surface area contributed by atoms with Crippen LogP contribution in [-0.2, 0) is 5.41 Å². The highest BCUT2D eigenvalue weighted by Gasteiger charge is 2.52. The Kier molecular flexibility index (Phi) is 5.83. The fraction of sp³-hybridized carbons (Fsp3) is 0.0189. The number of para-hydroxylation sites is 5. The molecule has 13 rings (SSSR count). The number of hydrogen-bond acceptors (Lipinski definition) is 1. The molecule has 0 amide bonds. The molecule has 0 saturated heterocycles. The molecule has 56 heavy (non-hydrogen) atoms. The van der Waals surface area contributed by atoms with Gasteiger partial charge in [-0.15, -0.1) is 0 Å².